The molecule has 0 amide bonds. The summed E-state index contributed by atoms with van der Waals surface area (Å²) in [4.78, 5) is 15.3. The Morgan fingerprint density at radius 1 is 1.08 bits per heavy atom. The van der Waals surface area contributed by atoms with Crippen LogP contribution in [0.15, 0.2) is 30.3 Å². The van der Waals surface area contributed by atoms with Gasteiger partial charge in [-0.2, -0.15) is 0 Å². The molecule has 0 radical (unpaired) electrons. The molecule has 3 rings (SSSR count). The predicted molar refractivity (Wildman–Crippen MR) is 101 cm³/mol. The molecule has 1 aliphatic carbocycles. The summed E-state index contributed by atoms with van der Waals surface area (Å²) in [6, 6.07) is 10.2. The van der Waals surface area contributed by atoms with Crippen LogP contribution in [0.4, 0.5) is 0 Å². The summed E-state index contributed by atoms with van der Waals surface area (Å²) < 4.78 is 11.1. The third-order valence-electron chi connectivity index (χ3n) is 5.38. The van der Waals surface area contributed by atoms with Crippen molar-refractivity contribution in [1.82, 2.24) is 4.90 Å². The van der Waals surface area contributed by atoms with E-state index in [-0.39, 0.29) is 18.4 Å². The zero-order valence-electron chi connectivity index (χ0n) is 15.0. The van der Waals surface area contributed by atoms with Crippen molar-refractivity contribution in [1.29, 1.82) is 0 Å². The third-order valence-corrected chi connectivity index (χ3v) is 5.38. The van der Waals surface area contributed by atoms with Gasteiger partial charge < -0.3 is 9.47 Å². The quantitative estimate of drug-likeness (QED) is 0.569. The first kappa shape index (κ1) is 20.2. The van der Waals surface area contributed by atoms with E-state index in [1.807, 2.05) is 18.2 Å². The van der Waals surface area contributed by atoms with Crippen molar-refractivity contribution in [2.24, 2.45) is 0 Å². The van der Waals surface area contributed by atoms with Crippen LogP contribution in [-0.4, -0.2) is 50.3 Å². The van der Waals surface area contributed by atoms with E-state index in [4.69, 9.17) is 9.47 Å². The summed E-state index contributed by atoms with van der Waals surface area (Å²) in [6.07, 6.45) is 6.17. The normalized spacial score (nSPS) is 20.5. The average Bonchev–Trinajstić information content (AvgIpc) is 2.67. The highest BCUT2D eigenvalue weighted by molar-refractivity contribution is 5.85. The molecule has 0 N–H and O–H groups in total. The van der Waals surface area contributed by atoms with Crippen LogP contribution < -0.4 is 0 Å². The first-order valence-corrected chi connectivity index (χ1v) is 9.34. The lowest BCUT2D eigenvalue weighted by Gasteiger charge is -2.35. The lowest BCUT2D eigenvalue weighted by Crippen LogP contribution is -2.40. The van der Waals surface area contributed by atoms with Gasteiger partial charge in [0.15, 0.2) is 0 Å². The Morgan fingerprint density at radius 3 is 2.44 bits per heavy atom. The van der Waals surface area contributed by atoms with Gasteiger partial charge in [-0.05, 0) is 24.8 Å². The van der Waals surface area contributed by atoms with E-state index < -0.39 is 5.41 Å². The molecule has 1 saturated heterocycles. The molecule has 1 aromatic rings. The largest absolute Gasteiger partial charge is 0.465 e. The number of nitrogens with zero attached hydrogens (tertiary/aromatic N) is 1. The van der Waals surface area contributed by atoms with Crippen molar-refractivity contribution >= 4 is 18.4 Å². The van der Waals surface area contributed by atoms with Gasteiger partial charge in [-0.3, -0.25) is 9.69 Å². The number of benzene rings is 1. The van der Waals surface area contributed by atoms with Crippen molar-refractivity contribution in [3.8, 4) is 0 Å². The topological polar surface area (TPSA) is 38.8 Å². The Morgan fingerprint density at radius 2 is 1.76 bits per heavy atom. The molecule has 0 atom stereocenters. The third kappa shape index (κ3) is 5.19. The Kier molecular flexibility index (Phi) is 8.20. The molecule has 1 aromatic carbocycles. The summed E-state index contributed by atoms with van der Waals surface area (Å²) in [7, 11) is 0. The second-order valence-corrected chi connectivity index (χ2v) is 6.95. The smallest absolute Gasteiger partial charge is 0.316 e. The molecule has 0 bridgehead atoms. The van der Waals surface area contributed by atoms with Gasteiger partial charge in [0.1, 0.15) is 0 Å². The number of morpholine rings is 1. The van der Waals surface area contributed by atoms with E-state index in [0.29, 0.717) is 6.61 Å². The first-order valence-electron chi connectivity index (χ1n) is 9.34. The molecular formula is C20H30ClNO3. The molecular weight excluding hydrogens is 338 g/mol. The SMILES string of the molecule is Cl.O=C(OCCCN1CCOCC1)C1(c2ccccc2)CCCCC1. The molecule has 2 aliphatic rings. The number of esters is 1. The zero-order valence-corrected chi connectivity index (χ0v) is 15.8. The maximum Gasteiger partial charge on any atom is 0.316 e. The molecule has 1 heterocycles. The lowest BCUT2D eigenvalue weighted by molar-refractivity contribution is -0.152. The molecule has 0 unspecified atom stereocenters. The fourth-order valence-electron chi connectivity index (χ4n) is 3.94. The summed E-state index contributed by atoms with van der Waals surface area (Å²) in [5.41, 5.74) is 0.709. The number of carbonyl (C=O) groups excluding carboxylic acids is 1. The van der Waals surface area contributed by atoms with Crippen LogP contribution in [0.5, 0.6) is 0 Å². The molecule has 1 aliphatic heterocycles. The van der Waals surface area contributed by atoms with E-state index in [2.05, 4.69) is 17.0 Å². The minimum Gasteiger partial charge on any atom is -0.465 e. The first-order chi connectivity index (χ1) is 11.8. The average molecular weight is 368 g/mol. The van der Waals surface area contributed by atoms with E-state index >= 15 is 0 Å². The molecule has 1 saturated carbocycles. The van der Waals surface area contributed by atoms with E-state index in [1.54, 1.807) is 0 Å². The number of halogens is 1. The monoisotopic (exact) mass is 367 g/mol. The Labute approximate surface area is 157 Å². The van der Waals surface area contributed by atoms with Gasteiger partial charge in [-0.1, -0.05) is 49.6 Å². The van der Waals surface area contributed by atoms with Gasteiger partial charge in [-0.25, -0.2) is 0 Å². The number of hydrogen-bond acceptors (Lipinski definition) is 4. The van der Waals surface area contributed by atoms with Crippen LogP contribution in [0.25, 0.3) is 0 Å². The second kappa shape index (κ2) is 10.1. The molecule has 0 spiro atoms. The fourth-order valence-corrected chi connectivity index (χ4v) is 3.94. The Hall–Kier alpha value is -1.10. The maximum atomic E-state index is 12.9. The minimum atomic E-state index is -0.418. The van der Waals surface area contributed by atoms with Crippen LogP contribution in [0, 0.1) is 0 Å². The van der Waals surface area contributed by atoms with E-state index in [0.717, 1.165) is 70.5 Å². The van der Waals surface area contributed by atoms with Gasteiger partial charge in [0.2, 0.25) is 0 Å². The van der Waals surface area contributed by atoms with Crippen molar-refractivity contribution in [3.63, 3.8) is 0 Å². The Bertz CT molecular complexity index is 511. The van der Waals surface area contributed by atoms with Crippen molar-refractivity contribution in [3.05, 3.63) is 35.9 Å². The minimum absolute atomic E-state index is 0. The zero-order chi connectivity index (χ0) is 16.7. The Balaban J connectivity index is 0.00000225. The highest BCUT2D eigenvalue weighted by atomic mass is 35.5. The summed E-state index contributed by atoms with van der Waals surface area (Å²) in [5.74, 6) is -0.0182. The number of rotatable bonds is 6. The van der Waals surface area contributed by atoms with Crippen LogP contribution >= 0.6 is 12.4 Å². The summed E-state index contributed by atoms with van der Waals surface area (Å²) in [5, 5.41) is 0. The van der Waals surface area contributed by atoms with E-state index in [9.17, 15) is 4.79 Å². The van der Waals surface area contributed by atoms with Gasteiger partial charge in [0.05, 0.1) is 25.2 Å². The van der Waals surface area contributed by atoms with Gasteiger partial charge in [-0.15, -0.1) is 12.4 Å². The van der Waals surface area contributed by atoms with E-state index in [1.165, 1.54) is 6.42 Å². The van der Waals surface area contributed by atoms with Gasteiger partial charge >= 0.3 is 5.97 Å². The highest BCUT2D eigenvalue weighted by Crippen LogP contribution is 2.40. The standard InChI is InChI=1S/C20H29NO3.ClH/c22-19(24-15-7-12-21-13-16-23-17-14-21)20(10-5-2-6-11-20)18-8-3-1-4-9-18;/h1,3-4,8-9H,2,5-7,10-17H2;1H. The molecule has 0 aromatic heterocycles. The number of hydrogen-bond donors (Lipinski definition) is 0. The molecule has 4 nitrogen and oxygen atoms in total. The number of ether oxygens (including phenoxy) is 2. The van der Waals surface area contributed by atoms with Crippen LogP contribution in [0.3, 0.4) is 0 Å². The summed E-state index contributed by atoms with van der Waals surface area (Å²) >= 11 is 0. The molecule has 5 heteroatoms. The maximum absolute atomic E-state index is 12.9. The second-order valence-electron chi connectivity index (χ2n) is 6.95. The van der Waals surface area contributed by atoms with Crippen molar-refractivity contribution in [2.45, 2.75) is 43.9 Å². The highest BCUT2D eigenvalue weighted by Gasteiger charge is 2.42. The number of carbonyl (C=O) groups is 1. The van der Waals surface area contributed by atoms with Crippen LogP contribution in [0.1, 0.15) is 44.1 Å². The lowest BCUT2D eigenvalue weighted by atomic mass is 9.69. The van der Waals surface area contributed by atoms with Crippen LogP contribution in [0.2, 0.25) is 0 Å². The van der Waals surface area contributed by atoms with Gasteiger partial charge in [0, 0.05) is 19.6 Å². The van der Waals surface area contributed by atoms with Crippen LogP contribution in [-0.2, 0) is 19.7 Å². The van der Waals surface area contributed by atoms with Crippen molar-refractivity contribution < 1.29 is 14.3 Å². The molecule has 140 valence electrons. The predicted octanol–water partition coefficient (Wildman–Crippen LogP) is 3.58. The summed E-state index contributed by atoms with van der Waals surface area (Å²) in [6.45, 7) is 5.11. The molecule has 2 fully saturated rings. The van der Waals surface area contributed by atoms with Crippen molar-refractivity contribution in [2.75, 3.05) is 39.5 Å². The van der Waals surface area contributed by atoms with Gasteiger partial charge in [0.25, 0.3) is 0 Å². The fraction of sp³-hybridized carbons (Fsp3) is 0.650. The molecule has 25 heavy (non-hydrogen) atoms.